The Hall–Kier alpha value is -1.47. The minimum absolute atomic E-state index is 0.00539. The summed E-state index contributed by atoms with van der Waals surface area (Å²) < 4.78 is 0. The highest BCUT2D eigenvalue weighted by molar-refractivity contribution is 6.21. The molecule has 2 heteroatoms. The molecule has 1 unspecified atom stereocenters. The summed E-state index contributed by atoms with van der Waals surface area (Å²) in [5.41, 5.74) is 3.93. The van der Waals surface area contributed by atoms with Crippen LogP contribution >= 0.6 is 11.6 Å². The van der Waals surface area contributed by atoms with Crippen molar-refractivity contribution >= 4 is 17.3 Å². The number of halogens is 1. The van der Waals surface area contributed by atoms with Crippen LogP contribution in [0.1, 0.15) is 44.2 Å². The molecule has 1 nitrogen and oxygen atoms in total. The van der Waals surface area contributed by atoms with E-state index in [-0.39, 0.29) is 10.8 Å². The highest BCUT2D eigenvalue weighted by atomic mass is 35.5. The SMILES string of the molecule is CCN(CC(Cl)c1ccc(C(C)(C)C)cc1)c1ccccc1. The van der Waals surface area contributed by atoms with Gasteiger partial charge in [0.25, 0.3) is 0 Å². The molecule has 2 aromatic rings. The van der Waals surface area contributed by atoms with Gasteiger partial charge < -0.3 is 4.90 Å². The number of nitrogens with zero attached hydrogens (tertiary/aromatic N) is 1. The first-order valence-electron chi connectivity index (χ1n) is 7.96. The number of alkyl halides is 1. The standard InChI is InChI=1S/C20H26ClN/c1-5-22(18-9-7-6-8-10-18)15-19(21)16-11-13-17(14-12-16)20(2,3)4/h6-14,19H,5,15H2,1-4H3. The maximum atomic E-state index is 6.65. The maximum Gasteiger partial charge on any atom is 0.0760 e. The van der Waals surface area contributed by atoms with Crippen LogP contribution in [0.2, 0.25) is 0 Å². The van der Waals surface area contributed by atoms with Gasteiger partial charge in [-0.05, 0) is 35.6 Å². The zero-order chi connectivity index (χ0) is 16.2. The van der Waals surface area contributed by atoms with Crippen molar-refractivity contribution in [2.24, 2.45) is 0 Å². The van der Waals surface area contributed by atoms with E-state index in [9.17, 15) is 0 Å². The largest absolute Gasteiger partial charge is 0.370 e. The Morgan fingerprint density at radius 3 is 2.05 bits per heavy atom. The van der Waals surface area contributed by atoms with Crippen molar-refractivity contribution in [3.05, 3.63) is 65.7 Å². The molecule has 0 fully saturated rings. The minimum atomic E-state index is -0.00539. The molecule has 118 valence electrons. The summed E-state index contributed by atoms with van der Waals surface area (Å²) >= 11 is 6.65. The lowest BCUT2D eigenvalue weighted by molar-refractivity contribution is 0.590. The third-order valence-corrected chi connectivity index (χ3v) is 4.41. The van der Waals surface area contributed by atoms with Gasteiger partial charge in [-0.15, -0.1) is 11.6 Å². The van der Waals surface area contributed by atoms with Gasteiger partial charge in [0.15, 0.2) is 0 Å². The number of likely N-dealkylation sites (N-methyl/N-ethyl adjacent to an activating group) is 1. The van der Waals surface area contributed by atoms with Crippen LogP contribution in [0.4, 0.5) is 5.69 Å². The molecule has 0 heterocycles. The lowest BCUT2D eigenvalue weighted by atomic mass is 9.86. The topological polar surface area (TPSA) is 3.24 Å². The molecule has 2 aromatic carbocycles. The zero-order valence-corrected chi connectivity index (χ0v) is 14.8. The van der Waals surface area contributed by atoms with Gasteiger partial charge in [-0.2, -0.15) is 0 Å². The molecule has 1 atom stereocenters. The van der Waals surface area contributed by atoms with Crippen LogP contribution in [0, 0.1) is 0 Å². The van der Waals surface area contributed by atoms with Crippen molar-refractivity contribution in [2.75, 3.05) is 18.0 Å². The van der Waals surface area contributed by atoms with Crippen molar-refractivity contribution < 1.29 is 0 Å². The fourth-order valence-corrected chi connectivity index (χ4v) is 2.86. The second-order valence-corrected chi connectivity index (χ2v) is 7.24. The highest BCUT2D eigenvalue weighted by Crippen LogP contribution is 2.28. The van der Waals surface area contributed by atoms with E-state index >= 15 is 0 Å². The van der Waals surface area contributed by atoms with Crippen molar-refractivity contribution in [1.82, 2.24) is 0 Å². The number of rotatable bonds is 5. The predicted molar refractivity (Wildman–Crippen MR) is 98.1 cm³/mol. The molecule has 0 spiro atoms. The van der Waals surface area contributed by atoms with Gasteiger partial charge in [0.2, 0.25) is 0 Å². The molecule has 0 bridgehead atoms. The number of para-hydroxylation sites is 1. The van der Waals surface area contributed by atoms with Crippen LogP contribution in [-0.2, 0) is 5.41 Å². The third kappa shape index (κ3) is 4.27. The molecule has 0 aromatic heterocycles. The van der Waals surface area contributed by atoms with Crippen LogP contribution in [-0.4, -0.2) is 13.1 Å². The van der Waals surface area contributed by atoms with Gasteiger partial charge in [-0.25, -0.2) is 0 Å². The highest BCUT2D eigenvalue weighted by Gasteiger charge is 2.16. The smallest absolute Gasteiger partial charge is 0.0760 e. The Morgan fingerprint density at radius 2 is 1.55 bits per heavy atom. The van der Waals surface area contributed by atoms with Gasteiger partial charge >= 0.3 is 0 Å². The quantitative estimate of drug-likeness (QED) is 0.631. The van der Waals surface area contributed by atoms with Gasteiger partial charge in [-0.3, -0.25) is 0 Å². The summed E-state index contributed by atoms with van der Waals surface area (Å²) in [7, 11) is 0. The molecule has 0 saturated carbocycles. The maximum absolute atomic E-state index is 6.65. The molecule has 0 radical (unpaired) electrons. The Balaban J connectivity index is 2.09. The average molecular weight is 316 g/mol. The Bertz CT molecular complexity index is 569. The van der Waals surface area contributed by atoms with Crippen LogP contribution in [0.25, 0.3) is 0 Å². The van der Waals surface area contributed by atoms with Gasteiger partial charge in [0, 0.05) is 18.8 Å². The molecular formula is C20H26ClN. The molecule has 0 aliphatic carbocycles. The minimum Gasteiger partial charge on any atom is -0.370 e. The van der Waals surface area contributed by atoms with Gasteiger partial charge in [0.1, 0.15) is 0 Å². The number of hydrogen-bond donors (Lipinski definition) is 0. The fourth-order valence-electron chi connectivity index (χ4n) is 2.55. The van der Waals surface area contributed by atoms with Crippen molar-refractivity contribution in [3.8, 4) is 0 Å². The van der Waals surface area contributed by atoms with E-state index in [1.165, 1.54) is 16.8 Å². The average Bonchev–Trinajstić information content (AvgIpc) is 2.52. The molecule has 22 heavy (non-hydrogen) atoms. The second-order valence-electron chi connectivity index (χ2n) is 6.71. The van der Waals surface area contributed by atoms with E-state index in [1.54, 1.807) is 0 Å². The van der Waals surface area contributed by atoms with Crippen molar-refractivity contribution in [1.29, 1.82) is 0 Å². The van der Waals surface area contributed by atoms with Crippen LogP contribution in [0.3, 0.4) is 0 Å². The normalized spacial score (nSPS) is 13.0. The molecular weight excluding hydrogens is 290 g/mol. The summed E-state index contributed by atoms with van der Waals surface area (Å²) in [6, 6.07) is 19.2. The lowest BCUT2D eigenvalue weighted by Crippen LogP contribution is -2.26. The summed E-state index contributed by atoms with van der Waals surface area (Å²) in [5.74, 6) is 0. The van der Waals surface area contributed by atoms with E-state index in [2.05, 4.69) is 81.1 Å². The molecule has 0 N–H and O–H groups in total. The van der Waals surface area contributed by atoms with Gasteiger partial charge in [0.05, 0.1) is 5.38 Å². The monoisotopic (exact) mass is 315 g/mol. The zero-order valence-electron chi connectivity index (χ0n) is 14.0. The lowest BCUT2D eigenvalue weighted by Gasteiger charge is -2.26. The first kappa shape index (κ1) is 16.9. The summed E-state index contributed by atoms with van der Waals surface area (Å²) in [5, 5.41) is -0.00539. The van der Waals surface area contributed by atoms with E-state index < -0.39 is 0 Å². The van der Waals surface area contributed by atoms with Crippen LogP contribution < -0.4 is 4.90 Å². The number of anilines is 1. The third-order valence-electron chi connectivity index (χ3n) is 4.02. The van der Waals surface area contributed by atoms with Crippen LogP contribution in [0.15, 0.2) is 54.6 Å². The molecule has 2 rings (SSSR count). The van der Waals surface area contributed by atoms with E-state index in [1.807, 2.05) is 6.07 Å². The number of benzene rings is 2. The van der Waals surface area contributed by atoms with Crippen molar-refractivity contribution in [2.45, 2.75) is 38.5 Å². The van der Waals surface area contributed by atoms with E-state index in [0.717, 1.165) is 13.1 Å². The Labute approximate surface area is 139 Å². The number of hydrogen-bond acceptors (Lipinski definition) is 1. The summed E-state index contributed by atoms with van der Waals surface area (Å²) in [4.78, 5) is 2.31. The first-order valence-corrected chi connectivity index (χ1v) is 8.40. The van der Waals surface area contributed by atoms with Crippen LogP contribution in [0.5, 0.6) is 0 Å². The Kier molecular flexibility index (Phi) is 5.52. The van der Waals surface area contributed by atoms with E-state index in [4.69, 9.17) is 11.6 Å². The van der Waals surface area contributed by atoms with Crippen molar-refractivity contribution in [3.63, 3.8) is 0 Å². The Morgan fingerprint density at radius 1 is 0.955 bits per heavy atom. The second kappa shape index (κ2) is 7.19. The van der Waals surface area contributed by atoms with Gasteiger partial charge in [-0.1, -0.05) is 63.2 Å². The first-order chi connectivity index (χ1) is 10.4. The molecule has 0 aliphatic heterocycles. The summed E-state index contributed by atoms with van der Waals surface area (Å²) in [6.45, 7) is 10.6. The molecule has 0 amide bonds. The molecule has 0 saturated heterocycles. The fraction of sp³-hybridized carbons (Fsp3) is 0.400. The molecule has 0 aliphatic rings. The van der Waals surface area contributed by atoms with E-state index in [0.29, 0.717) is 0 Å². The summed E-state index contributed by atoms with van der Waals surface area (Å²) in [6.07, 6.45) is 0. The predicted octanol–water partition coefficient (Wildman–Crippen LogP) is 5.79.